The van der Waals surface area contributed by atoms with Crippen molar-refractivity contribution in [2.45, 2.75) is 6.92 Å². The van der Waals surface area contributed by atoms with Crippen LogP contribution in [0.1, 0.15) is 15.9 Å². The van der Waals surface area contributed by atoms with Crippen LogP contribution in [-0.4, -0.2) is 16.2 Å². The van der Waals surface area contributed by atoms with Gasteiger partial charge in [-0.2, -0.15) is 0 Å². The molecular weight excluding hydrogens is 287 g/mol. The molecule has 0 unspecified atom stereocenters. The zero-order valence-corrected chi connectivity index (χ0v) is 11.6. The Labute approximate surface area is 124 Å². The van der Waals surface area contributed by atoms with Gasteiger partial charge in [0.2, 0.25) is 0 Å². The fourth-order valence-electron chi connectivity index (χ4n) is 2.53. The monoisotopic (exact) mass is 298 g/mol. The summed E-state index contributed by atoms with van der Waals surface area (Å²) < 4.78 is 14.0. The third kappa shape index (κ3) is 2.14. The summed E-state index contributed by atoms with van der Waals surface area (Å²) in [5.41, 5.74) is 1.94. The Balaban J connectivity index is 2.31. The zero-order valence-electron chi connectivity index (χ0n) is 11.6. The van der Waals surface area contributed by atoms with E-state index in [1.165, 1.54) is 24.3 Å². The number of nitro groups is 1. The molecule has 110 valence electrons. The number of aromatic amines is 1. The highest BCUT2D eigenvalue weighted by Gasteiger charge is 2.17. The van der Waals surface area contributed by atoms with Gasteiger partial charge in [0.25, 0.3) is 5.69 Å². The molecule has 6 heteroatoms. The maximum absolute atomic E-state index is 14.0. The summed E-state index contributed by atoms with van der Waals surface area (Å²) in [7, 11) is 0. The van der Waals surface area contributed by atoms with E-state index in [9.17, 15) is 19.3 Å². The minimum Gasteiger partial charge on any atom is -0.352 e. The van der Waals surface area contributed by atoms with Gasteiger partial charge in [-0.3, -0.25) is 14.9 Å². The van der Waals surface area contributed by atoms with Crippen LogP contribution in [0, 0.1) is 22.9 Å². The van der Waals surface area contributed by atoms with Crippen molar-refractivity contribution in [3.05, 3.63) is 63.5 Å². The number of nitro benzene ring substituents is 1. The second-order valence-corrected chi connectivity index (χ2v) is 5.01. The highest BCUT2D eigenvalue weighted by Crippen LogP contribution is 2.32. The molecule has 0 aliphatic carbocycles. The Hall–Kier alpha value is -3.02. The third-order valence-corrected chi connectivity index (χ3v) is 3.51. The first-order chi connectivity index (χ1) is 10.5. The van der Waals surface area contributed by atoms with Gasteiger partial charge >= 0.3 is 0 Å². The highest BCUT2D eigenvalue weighted by atomic mass is 19.1. The summed E-state index contributed by atoms with van der Waals surface area (Å²) in [4.78, 5) is 24.7. The molecule has 0 atom stereocenters. The topological polar surface area (TPSA) is 76.0 Å². The van der Waals surface area contributed by atoms with E-state index in [1.54, 1.807) is 19.1 Å². The van der Waals surface area contributed by atoms with E-state index in [0.29, 0.717) is 28.5 Å². The van der Waals surface area contributed by atoms with Crippen molar-refractivity contribution in [3.63, 3.8) is 0 Å². The molecule has 0 fully saturated rings. The molecule has 1 aromatic heterocycles. The number of benzene rings is 2. The van der Waals surface area contributed by atoms with Crippen LogP contribution in [0.2, 0.25) is 0 Å². The van der Waals surface area contributed by atoms with Crippen LogP contribution >= 0.6 is 0 Å². The van der Waals surface area contributed by atoms with Crippen molar-refractivity contribution in [2.75, 3.05) is 0 Å². The number of nitrogens with one attached hydrogen (secondary N) is 1. The zero-order chi connectivity index (χ0) is 15.9. The predicted molar refractivity (Wildman–Crippen MR) is 80.5 cm³/mol. The number of aromatic nitrogens is 1. The number of carbonyl (C=O) groups is 1. The van der Waals surface area contributed by atoms with E-state index in [0.717, 1.165) is 0 Å². The molecule has 0 aliphatic heterocycles. The number of non-ortho nitro benzene ring substituents is 1. The number of hydrogen-bond acceptors (Lipinski definition) is 3. The van der Waals surface area contributed by atoms with Crippen molar-refractivity contribution in [3.8, 4) is 11.3 Å². The van der Waals surface area contributed by atoms with Gasteiger partial charge in [0.1, 0.15) is 5.82 Å². The fraction of sp³-hybridized carbons (Fsp3) is 0.0625. The van der Waals surface area contributed by atoms with Crippen LogP contribution < -0.4 is 0 Å². The molecular formula is C16H11FN2O3. The van der Waals surface area contributed by atoms with Crippen molar-refractivity contribution < 1.29 is 14.1 Å². The molecule has 3 aromatic rings. The van der Waals surface area contributed by atoms with E-state index in [2.05, 4.69) is 4.98 Å². The van der Waals surface area contributed by atoms with Crippen LogP contribution in [0.3, 0.4) is 0 Å². The molecule has 0 radical (unpaired) electrons. The van der Waals surface area contributed by atoms with Gasteiger partial charge in [-0.15, -0.1) is 0 Å². The summed E-state index contributed by atoms with van der Waals surface area (Å²) in [6.07, 6.45) is 0.631. The van der Waals surface area contributed by atoms with Gasteiger partial charge in [-0.25, -0.2) is 4.39 Å². The number of fused-ring (bicyclic) bond motifs is 1. The number of H-pyrrole nitrogens is 1. The molecule has 0 spiro atoms. The summed E-state index contributed by atoms with van der Waals surface area (Å²) in [5, 5.41) is 11.3. The number of carbonyl (C=O) groups excluding carboxylic acids is 1. The quantitative estimate of drug-likeness (QED) is 0.451. The molecule has 1 heterocycles. The van der Waals surface area contributed by atoms with Gasteiger partial charge in [-0.05, 0) is 24.6 Å². The largest absolute Gasteiger partial charge is 0.352 e. The van der Waals surface area contributed by atoms with E-state index < -0.39 is 10.7 Å². The number of aryl methyl sites for hydroxylation is 1. The Bertz CT molecular complexity index is 915. The van der Waals surface area contributed by atoms with E-state index >= 15 is 0 Å². The minimum atomic E-state index is -0.516. The third-order valence-electron chi connectivity index (χ3n) is 3.51. The Morgan fingerprint density at radius 1 is 1.27 bits per heavy atom. The molecule has 5 nitrogen and oxygen atoms in total. The van der Waals surface area contributed by atoms with Crippen LogP contribution in [0.5, 0.6) is 0 Å². The molecule has 3 rings (SSSR count). The summed E-state index contributed by atoms with van der Waals surface area (Å²) in [5.74, 6) is -0.463. The molecule has 0 aliphatic rings. The Kier molecular flexibility index (Phi) is 3.21. The second-order valence-electron chi connectivity index (χ2n) is 5.01. The van der Waals surface area contributed by atoms with E-state index in [4.69, 9.17) is 0 Å². The average molecular weight is 298 g/mol. The maximum atomic E-state index is 14.0. The van der Waals surface area contributed by atoms with Crippen molar-refractivity contribution in [1.29, 1.82) is 0 Å². The Morgan fingerprint density at radius 2 is 2.05 bits per heavy atom. The fourth-order valence-corrected chi connectivity index (χ4v) is 2.53. The van der Waals surface area contributed by atoms with Crippen LogP contribution in [0.4, 0.5) is 10.1 Å². The number of aldehydes is 1. The molecule has 22 heavy (non-hydrogen) atoms. The lowest BCUT2D eigenvalue weighted by molar-refractivity contribution is -0.384. The molecule has 0 bridgehead atoms. The first kappa shape index (κ1) is 13.9. The van der Waals surface area contributed by atoms with Gasteiger partial charge in [-0.1, -0.05) is 12.1 Å². The van der Waals surface area contributed by atoms with E-state index in [1.807, 2.05) is 0 Å². The number of halogens is 1. The van der Waals surface area contributed by atoms with Gasteiger partial charge in [0.15, 0.2) is 6.29 Å². The molecule has 0 saturated heterocycles. The lowest BCUT2D eigenvalue weighted by atomic mass is 10.0. The molecule has 0 amide bonds. The normalized spacial score (nSPS) is 10.8. The van der Waals surface area contributed by atoms with Gasteiger partial charge in [0, 0.05) is 28.6 Å². The molecule has 1 N–H and O–H groups in total. The number of hydrogen-bond donors (Lipinski definition) is 1. The summed E-state index contributed by atoms with van der Waals surface area (Å²) in [6.45, 7) is 1.73. The van der Waals surface area contributed by atoms with Gasteiger partial charge in [0.05, 0.1) is 16.1 Å². The van der Waals surface area contributed by atoms with Crippen LogP contribution in [0.25, 0.3) is 22.2 Å². The van der Waals surface area contributed by atoms with Crippen molar-refractivity contribution >= 4 is 22.9 Å². The smallest absolute Gasteiger partial charge is 0.270 e. The standard InChI is InChI=1S/C16H11FN2O3/c1-9-5-12-13(8-20)15(18-16(12)14(17)6-9)10-3-2-4-11(7-10)19(21)22/h2-8,18H,1H3. The lowest BCUT2D eigenvalue weighted by Crippen LogP contribution is -1.89. The lowest BCUT2D eigenvalue weighted by Gasteiger charge is -2.00. The van der Waals surface area contributed by atoms with Crippen molar-refractivity contribution in [2.24, 2.45) is 0 Å². The number of nitrogens with zero attached hydrogens (tertiary/aromatic N) is 1. The first-order valence-corrected chi connectivity index (χ1v) is 6.53. The maximum Gasteiger partial charge on any atom is 0.270 e. The van der Waals surface area contributed by atoms with E-state index in [-0.39, 0.29) is 16.8 Å². The molecule has 0 saturated carbocycles. The number of rotatable bonds is 3. The summed E-state index contributed by atoms with van der Waals surface area (Å²) in [6, 6.07) is 8.94. The van der Waals surface area contributed by atoms with Crippen molar-refractivity contribution in [1.82, 2.24) is 4.98 Å². The SMILES string of the molecule is Cc1cc(F)c2[nH]c(-c3cccc([N+](=O)[O-])c3)c(C=O)c2c1. The average Bonchev–Trinajstić information content (AvgIpc) is 2.86. The molecule has 2 aromatic carbocycles. The highest BCUT2D eigenvalue weighted by molar-refractivity contribution is 6.04. The van der Waals surface area contributed by atoms with Crippen LogP contribution in [-0.2, 0) is 0 Å². The second kappa shape index (κ2) is 5.07. The first-order valence-electron chi connectivity index (χ1n) is 6.53. The van der Waals surface area contributed by atoms with Gasteiger partial charge < -0.3 is 4.98 Å². The summed E-state index contributed by atoms with van der Waals surface area (Å²) >= 11 is 0. The Morgan fingerprint density at radius 3 is 2.73 bits per heavy atom. The minimum absolute atomic E-state index is 0.0929. The van der Waals surface area contributed by atoms with Crippen LogP contribution in [0.15, 0.2) is 36.4 Å². The predicted octanol–water partition coefficient (Wildman–Crippen LogP) is 4.00.